The number of pyridine rings is 1. The molecule has 2 heterocycles. The lowest BCUT2D eigenvalue weighted by Crippen LogP contribution is -2.26. The van der Waals surface area contributed by atoms with Gasteiger partial charge in [-0.1, -0.05) is 0 Å². The number of fused-ring (bicyclic) bond motifs is 1. The molecule has 3 heteroatoms. The molecule has 0 amide bonds. The second kappa shape index (κ2) is 3.20. The van der Waals surface area contributed by atoms with Gasteiger partial charge in [0.15, 0.2) is 0 Å². The standard InChI is InChI=1S/C9H10INO/c10-7-5-8-3-1-2-4-11(8)9(12)6-7/h5-6H,1-4H2. The van der Waals surface area contributed by atoms with Crippen molar-refractivity contribution in [2.24, 2.45) is 0 Å². The van der Waals surface area contributed by atoms with E-state index in [4.69, 9.17) is 0 Å². The lowest BCUT2D eigenvalue weighted by molar-refractivity contribution is 0.512. The van der Waals surface area contributed by atoms with Gasteiger partial charge >= 0.3 is 0 Å². The summed E-state index contributed by atoms with van der Waals surface area (Å²) in [6, 6.07) is 3.82. The van der Waals surface area contributed by atoms with Crippen LogP contribution in [0.25, 0.3) is 0 Å². The fraction of sp³-hybridized carbons (Fsp3) is 0.444. The van der Waals surface area contributed by atoms with Crippen LogP contribution in [0.2, 0.25) is 0 Å². The van der Waals surface area contributed by atoms with Crippen LogP contribution >= 0.6 is 22.6 Å². The van der Waals surface area contributed by atoms with Gasteiger partial charge in [-0.2, -0.15) is 0 Å². The van der Waals surface area contributed by atoms with Crippen LogP contribution in [-0.4, -0.2) is 4.57 Å². The Morgan fingerprint density at radius 2 is 2.17 bits per heavy atom. The van der Waals surface area contributed by atoms with Gasteiger partial charge in [-0.15, -0.1) is 0 Å². The Morgan fingerprint density at radius 1 is 1.33 bits per heavy atom. The molecule has 0 aliphatic carbocycles. The predicted molar refractivity (Wildman–Crippen MR) is 56.4 cm³/mol. The number of nitrogens with zero attached hydrogens (tertiary/aromatic N) is 1. The quantitative estimate of drug-likeness (QED) is 0.662. The van der Waals surface area contributed by atoms with Crippen LogP contribution < -0.4 is 5.56 Å². The van der Waals surface area contributed by atoms with Gasteiger partial charge in [-0.25, -0.2) is 0 Å². The van der Waals surface area contributed by atoms with E-state index in [2.05, 4.69) is 28.7 Å². The normalized spacial score (nSPS) is 15.8. The molecular formula is C9H10INO. The summed E-state index contributed by atoms with van der Waals surface area (Å²) >= 11 is 2.20. The molecule has 2 rings (SSSR count). The van der Waals surface area contributed by atoms with Crippen molar-refractivity contribution in [3.63, 3.8) is 0 Å². The maximum absolute atomic E-state index is 11.4. The van der Waals surface area contributed by atoms with Crippen LogP contribution in [0.1, 0.15) is 18.5 Å². The lowest BCUT2D eigenvalue weighted by atomic mass is 10.1. The molecule has 0 unspecified atom stereocenters. The third-order valence-electron chi connectivity index (χ3n) is 2.24. The van der Waals surface area contributed by atoms with Crippen molar-refractivity contribution in [3.8, 4) is 0 Å². The molecule has 64 valence electrons. The molecule has 0 N–H and O–H groups in total. The molecule has 2 nitrogen and oxygen atoms in total. The summed E-state index contributed by atoms with van der Waals surface area (Å²) in [5, 5.41) is 0. The summed E-state index contributed by atoms with van der Waals surface area (Å²) in [6.07, 6.45) is 3.43. The summed E-state index contributed by atoms with van der Waals surface area (Å²) in [5.74, 6) is 0. The smallest absolute Gasteiger partial charge is 0.251 e. The average Bonchev–Trinajstić information content (AvgIpc) is 2.04. The van der Waals surface area contributed by atoms with Crippen LogP contribution in [0.4, 0.5) is 0 Å². The summed E-state index contributed by atoms with van der Waals surface area (Å²) in [5.41, 5.74) is 1.37. The van der Waals surface area contributed by atoms with E-state index >= 15 is 0 Å². The summed E-state index contributed by atoms with van der Waals surface area (Å²) < 4.78 is 2.96. The van der Waals surface area contributed by atoms with Crippen molar-refractivity contribution in [2.75, 3.05) is 0 Å². The highest BCUT2D eigenvalue weighted by Crippen LogP contribution is 2.13. The highest BCUT2D eigenvalue weighted by Gasteiger charge is 2.09. The third-order valence-corrected chi connectivity index (χ3v) is 2.87. The Balaban J connectivity index is 2.60. The van der Waals surface area contributed by atoms with Crippen molar-refractivity contribution < 1.29 is 0 Å². The van der Waals surface area contributed by atoms with Crippen LogP contribution in [0.15, 0.2) is 16.9 Å². The van der Waals surface area contributed by atoms with Crippen LogP contribution in [0, 0.1) is 3.57 Å². The van der Waals surface area contributed by atoms with Gasteiger partial charge < -0.3 is 4.57 Å². The first-order valence-corrected chi connectivity index (χ1v) is 5.24. The second-order valence-electron chi connectivity index (χ2n) is 3.11. The van der Waals surface area contributed by atoms with Crippen LogP contribution in [0.3, 0.4) is 0 Å². The SMILES string of the molecule is O=c1cc(I)cc2n1CCCC2. The number of aryl methyl sites for hydroxylation is 1. The van der Waals surface area contributed by atoms with Gasteiger partial charge in [0.05, 0.1) is 0 Å². The number of halogens is 1. The Hall–Kier alpha value is -0.320. The maximum atomic E-state index is 11.4. The Kier molecular flexibility index (Phi) is 2.21. The van der Waals surface area contributed by atoms with Gasteiger partial charge in [0.2, 0.25) is 0 Å². The van der Waals surface area contributed by atoms with Crippen molar-refractivity contribution >= 4 is 22.6 Å². The zero-order valence-corrected chi connectivity index (χ0v) is 8.87. The molecule has 1 aromatic rings. The molecule has 0 spiro atoms. The largest absolute Gasteiger partial charge is 0.313 e. The molecule has 0 bridgehead atoms. The van der Waals surface area contributed by atoms with Gasteiger partial charge in [0.1, 0.15) is 0 Å². The number of hydrogen-bond donors (Lipinski definition) is 0. The summed E-state index contributed by atoms with van der Waals surface area (Å²) in [4.78, 5) is 11.4. The van der Waals surface area contributed by atoms with E-state index in [1.165, 1.54) is 12.1 Å². The van der Waals surface area contributed by atoms with Crippen LogP contribution in [0.5, 0.6) is 0 Å². The third kappa shape index (κ3) is 1.42. The molecule has 1 aliphatic rings. The van der Waals surface area contributed by atoms with E-state index in [1.807, 2.05) is 4.57 Å². The van der Waals surface area contributed by atoms with E-state index < -0.39 is 0 Å². The monoisotopic (exact) mass is 275 g/mol. The molecule has 0 radical (unpaired) electrons. The molecule has 1 aromatic heterocycles. The number of rotatable bonds is 0. The highest BCUT2D eigenvalue weighted by molar-refractivity contribution is 14.1. The Bertz CT molecular complexity index is 356. The zero-order valence-electron chi connectivity index (χ0n) is 6.72. The maximum Gasteiger partial charge on any atom is 0.251 e. The molecular weight excluding hydrogens is 265 g/mol. The van der Waals surface area contributed by atoms with Crippen molar-refractivity contribution in [2.45, 2.75) is 25.8 Å². The number of hydrogen-bond acceptors (Lipinski definition) is 1. The predicted octanol–water partition coefficient (Wildman–Crippen LogP) is 1.79. The second-order valence-corrected chi connectivity index (χ2v) is 4.36. The molecule has 0 saturated carbocycles. The molecule has 1 aliphatic heterocycles. The topological polar surface area (TPSA) is 22.0 Å². The first-order chi connectivity index (χ1) is 5.77. The Morgan fingerprint density at radius 3 is 3.00 bits per heavy atom. The average molecular weight is 275 g/mol. The molecule has 0 atom stereocenters. The van der Waals surface area contributed by atoms with Gasteiger partial charge in [0, 0.05) is 21.9 Å². The van der Waals surface area contributed by atoms with E-state index in [0.29, 0.717) is 0 Å². The number of aromatic nitrogens is 1. The molecule has 0 aromatic carbocycles. The van der Waals surface area contributed by atoms with Gasteiger partial charge in [-0.05, 0) is 47.9 Å². The zero-order chi connectivity index (χ0) is 8.55. The molecule has 12 heavy (non-hydrogen) atoms. The highest BCUT2D eigenvalue weighted by atomic mass is 127. The summed E-state index contributed by atoms with van der Waals surface area (Å²) in [7, 11) is 0. The van der Waals surface area contributed by atoms with E-state index in [0.717, 1.165) is 23.0 Å². The van der Waals surface area contributed by atoms with Crippen molar-refractivity contribution in [1.29, 1.82) is 0 Å². The van der Waals surface area contributed by atoms with Gasteiger partial charge in [-0.3, -0.25) is 4.79 Å². The van der Waals surface area contributed by atoms with E-state index in [9.17, 15) is 4.79 Å². The fourth-order valence-electron chi connectivity index (χ4n) is 1.65. The lowest BCUT2D eigenvalue weighted by Gasteiger charge is -2.17. The first-order valence-electron chi connectivity index (χ1n) is 4.16. The summed E-state index contributed by atoms with van der Waals surface area (Å²) in [6.45, 7) is 0.908. The van der Waals surface area contributed by atoms with Crippen molar-refractivity contribution in [1.82, 2.24) is 4.57 Å². The van der Waals surface area contributed by atoms with Crippen molar-refractivity contribution in [3.05, 3.63) is 31.8 Å². The fourth-order valence-corrected chi connectivity index (χ4v) is 2.28. The van der Waals surface area contributed by atoms with Crippen LogP contribution in [-0.2, 0) is 13.0 Å². The van der Waals surface area contributed by atoms with E-state index in [1.54, 1.807) is 6.07 Å². The molecule has 0 saturated heterocycles. The van der Waals surface area contributed by atoms with Gasteiger partial charge in [0.25, 0.3) is 5.56 Å². The first kappa shape index (κ1) is 8.29. The Labute approximate surface area is 84.7 Å². The van der Waals surface area contributed by atoms with E-state index in [-0.39, 0.29) is 5.56 Å². The minimum atomic E-state index is 0.164. The minimum Gasteiger partial charge on any atom is -0.313 e. The minimum absolute atomic E-state index is 0.164. The molecule has 0 fully saturated rings.